The molecule has 29 heavy (non-hydrogen) atoms. The molecule has 1 aliphatic heterocycles. The van der Waals surface area contributed by atoms with Crippen molar-refractivity contribution >= 4 is 16.8 Å². The minimum atomic E-state index is -0.185. The number of nitrogens with one attached hydrogen (secondary N) is 2. The van der Waals surface area contributed by atoms with Crippen molar-refractivity contribution in [3.05, 3.63) is 77.5 Å². The van der Waals surface area contributed by atoms with Crippen LogP contribution in [0.25, 0.3) is 10.9 Å². The Balaban J connectivity index is 1.50. The van der Waals surface area contributed by atoms with Gasteiger partial charge in [-0.2, -0.15) is 0 Å². The van der Waals surface area contributed by atoms with Gasteiger partial charge in [-0.05, 0) is 49.2 Å². The molecule has 0 unspecified atom stereocenters. The Labute approximate surface area is 170 Å². The molecule has 2 aromatic carbocycles. The van der Waals surface area contributed by atoms with Gasteiger partial charge in [-0.25, -0.2) is 4.98 Å². The van der Waals surface area contributed by atoms with Gasteiger partial charge in [0.25, 0.3) is 5.91 Å². The SMILES string of the molecule is CO[C@@H]1[C@@H](NC(=O)c2ccc3ccccc3n2)c2ccccc2C12CCNCC2. The second kappa shape index (κ2) is 7.25. The number of ether oxygens (including phenoxy) is 1. The van der Waals surface area contributed by atoms with Crippen LogP contribution in [0.1, 0.15) is 40.5 Å². The lowest BCUT2D eigenvalue weighted by atomic mass is 9.72. The third-order valence-electron chi connectivity index (χ3n) is 6.55. The normalized spacial score (nSPS) is 22.5. The third kappa shape index (κ3) is 2.93. The summed E-state index contributed by atoms with van der Waals surface area (Å²) in [6.07, 6.45) is 1.91. The first-order valence-corrected chi connectivity index (χ1v) is 10.2. The van der Waals surface area contributed by atoms with Crippen LogP contribution in [0.3, 0.4) is 0 Å². The maximum absolute atomic E-state index is 13.1. The summed E-state index contributed by atoms with van der Waals surface area (Å²) in [6.45, 7) is 1.92. The Morgan fingerprint density at radius 2 is 1.83 bits per heavy atom. The van der Waals surface area contributed by atoms with Gasteiger partial charge in [0, 0.05) is 17.9 Å². The molecule has 1 aliphatic carbocycles. The van der Waals surface area contributed by atoms with Gasteiger partial charge in [0.2, 0.25) is 0 Å². The first kappa shape index (κ1) is 18.3. The van der Waals surface area contributed by atoms with Crippen LogP contribution in [0.4, 0.5) is 0 Å². The number of piperidine rings is 1. The molecule has 0 radical (unpaired) electrons. The van der Waals surface area contributed by atoms with Gasteiger partial charge in [-0.3, -0.25) is 4.79 Å². The third-order valence-corrected chi connectivity index (χ3v) is 6.55. The summed E-state index contributed by atoms with van der Waals surface area (Å²) in [5, 5.41) is 7.73. The molecule has 5 rings (SSSR count). The molecule has 1 amide bonds. The lowest BCUT2D eigenvalue weighted by Gasteiger charge is -2.40. The van der Waals surface area contributed by atoms with Crippen molar-refractivity contribution < 1.29 is 9.53 Å². The summed E-state index contributed by atoms with van der Waals surface area (Å²) in [6, 6.07) is 19.8. The summed E-state index contributed by atoms with van der Waals surface area (Å²) < 4.78 is 6.04. The first-order chi connectivity index (χ1) is 14.2. The zero-order valence-corrected chi connectivity index (χ0v) is 16.5. The van der Waals surface area contributed by atoms with Crippen LogP contribution in [0, 0.1) is 0 Å². The Morgan fingerprint density at radius 1 is 1.07 bits per heavy atom. The minimum Gasteiger partial charge on any atom is -0.378 e. The van der Waals surface area contributed by atoms with Crippen LogP contribution < -0.4 is 10.6 Å². The highest BCUT2D eigenvalue weighted by molar-refractivity contribution is 5.95. The predicted molar refractivity (Wildman–Crippen MR) is 113 cm³/mol. The number of hydrogen-bond acceptors (Lipinski definition) is 4. The molecule has 0 saturated carbocycles. The standard InChI is InChI=1S/C24H25N3O2/c1-29-22-21(17-7-3-4-8-18(17)24(22)12-14-25-15-13-24)27-23(28)20-11-10-16-6-2-5-9-19(16)26-20/h2-11,21-22,25H,12-15H2,1H3,(H,27,28)/t21-,22+/m0/s1. The molecule has 2 heterocycles. The van der Waals surface area contributed by atoms with Crippen molar-refractivity contribution in [1.29, 1.82) is 0 Å². The highest BCUT2D eigenvalue weighted by Crippen LogP contribution is 2.51. The predicted octanol–water partition coefficient (Wildman–Crippen LogP) is 3.36. The maximum atomic E-state index is 13.1. The van der Waals surface area contributed by atoms with E-state index in [1.54, 1.807) is 13.2 Å². The van der Waals surface area contributed by atoms with Crippen LogP contribution in [-0.2, 0) is 10.2 Å². The van der Waals surface area contributed by atoms with E-state index in [0.717, 1.165) is 42.4 Å². The second-order valence-electron chi connectivity index (χ2n) is 7.99. The molecule has 2 N–H and O–H groups in total. The number of methoxy groups -OCH3 is 1. The summed E-state index contributed by atoms with van der Waals surface area (Å²) >= 11 is 0. The number of benzene rings is 2. The van der Waals surface area contributed by atoms with E-state index < -0.39 is 0 Å². The number of carbonyl (C=O) groups excluding carboxylic acids is 1. The molecular formula is C24H25N3O2. The maximum Gasteiger partial charge on any atom is 0.270 e. The van der Waals surface area contributed by atoms with Crippen LogP contribution in [0.15, 0.2) is 60.7 Å². The van der Waals surface area contributed by atoms with Crippen molar-refractivity contribution in [3.63, 3.8) is 0 Å². The van der Waals surface area contributed by atoms with Gasteiger partial charge >= 0.3 is 0 Å². The van der Waals surface area contributed by atoms with Crippen LogP contribution >= 0.6 is 0 Å². The Bertz CT molecular complexity index is 1060. The quantitative estimate of drug-likeness (QED) is 0.723. The zero-order chi connectivity index (χ0) is 19.8. The Morgan fingerprint density at radius 3 is 2.66 bits per heavy atom. The van der Waals surface area contributed by atoms with E-state index in [9.17, 15) is 4.79 Å². The fourth-order valence-corrected chi connectivity index (χ4v) is 5.21. The van der Waals surface area contributed by atoms with Gasteiger partial charge in [0.15, 0.2) is 0 Å². The first-order valence-electron chi connectivity index (χ1n) is 10.2. The number of rotatable bonds is 3. The lowest BCUT2D eigenvalue weighted by Crippen LogP contribution is -2.49. The number of para-hydroxylation sites is 1. The fourth-order valence-electron chi connectivity index (χ4n) is 5.21. The minimum absolute atomic E-state index is 0.0641. The van der Waals surface area contributed by atoms with Gasteiger partial charge < -0.3 is 15.4 Å². The van der Waals surface area contributed by atoms with Crippen molar-refractivity contribution in [3.8, 4) is 0 Å². The summed E-state index contributed by atoms with van der Waals surface area (Å²) in [5.41, 5.74) is 3.67. The summed E-state index contributed by atoms with van der Waals surface area (Å²) in [4.78, 5) is 17.7. The number of aromatic nitrogens is 1. The molecule has 3 aromatic rings. The molecule has 0 bridgehead atoms. The van der Waals surface area contributed by atoms with Crippen molar-refractivity contribution in [1.82, 2.24) is 15.6 Å². The lowest BCUT2D eigenvalue weighted by molar-refractivity contribution is 0.00392. The molecule has 148 valence electrons. The molecule has 1 aromatic heterocycles. The van der Waals surface area contributed by atoms with E-state index in [1.165, 1.54) is 5.56 Å². The number of nitrogens with zero attached hydrogens (tertiary/aromatic N) is 1. The number of amides is 1. The second-order valence-corrected chi connectivity index (χ2v) is 7.99. The molecule has 2 atom stereocenters. The monoisotopic (exact) mass is 387 g/mol. The number of fused-ring (bicyclic) bond motifs is 3. The largest absolute Gasteiger partial charge is 0.378 e. The average molecular weight is 387 g/mol. The van der Waals surface area contributed by atoms with Crippen LogP contribution in [0.2, 0.25) is 0 Å². The molecule has 1 fully saturated rings. The van der Waals surface area contributed by atoms with Crippen LogP contribution in [-0.4, -0.2) is 37.2 Å². The molecule has 2 aliphatic rings. The number of carbonyl (C=O) groups is 1. The van der Waals surface area contributed by atoms with Gasteiger partial charge in [-0.15, -0.1) is 0 Å². The van der Waals surface area contributed by atoms with E-state index >= 15 is 0 Å². The molecular weight excluding hydrogens is 362 g/mol. The van der Waals surface area contributed by atoms with Gasteiger partial charge in [0.05, 0.1) is 17.7 Å². The van der Waals surface area contributed by atoms with Crippen molar-refractivity contribution in [2.75, 3.05) is 20.2 Å². The van der Waals surface area contributed by atoms with Crippen LogP contribution in [0.5, 0.6) is 0 Å². The fraction of sp³-hybridized carbons (Fsp3) is 0.333. The van der Waals surface area contributed by atoms with E-state index in [4.69, 9.17) is 4.74 Å². The molecule has 5 nitrogen and oxygen atoms in total. The van der Waals surface area contributed by atoms with E-state index in [-0.39, 0.29) is 23.5 Å². The number of pyridine rings is 1. The van der Waals surface area contributed by atoms with Crippen molar-refractivity contribution in [2.24, 2.45) is 0 Å². The van der Waals surface area contributed by atoms with Crippen molar-refractivity contribution in [2.45, 2.75) is 30.4 Å². The van der Waals surface area contributed by atoms with E-state index in [2.05, 4.69) is 33.8 Å². The summed E-state index contributed by atoms with van der Waals surface area (Å²) in [7, 11) is 1.76. The van der Waals surface area contributed by atoms with Gasteiger partial charge in [0.1, 0.15) is 5.69 Å². The highest BCUT2D eigenvalue weighted by atomic mass is 16.5. The smallest absolute Gasteiger partial charge is 0.270 e. The molecule has 1 spiro atoms. The Kier molecular flexibility index (Phi) is 4.57. The van der Waals surface area contributed by atoms with Gasteiger partial charge in [-0.1, -0.05) is 48.5 Å². The molecule has 5 heteroatoms. The topological polar surface area (TPSA) is 63.2 Å². The number of hydrogen-bond donors (Lipinski definition) is 2. The average Bonchev–Trinajstić information content (AvgIpc) is 3.02. The zero-order valence-electron chi connectivity index (χ0n) is 16.5. The summed E-state index contributed by atoms with van der Waals surface area (Å²) in [5.74, 6) is -0.163. The van der Waals surface area contributed by atoms with E-state index in [1.807, 2.05) is 36.4 Å². The van der Waals surface area contributed by atoms with E-state index in [0.29, 0.717) is 5.69 Å². The molecule has 1 saturated heterocycles. The Hall–Kier alpha value is -2.76. The highest BCUT2D eigenvalue weighted by Gasteiger charge is 2.53.